The van der Waals surface area contributed by atoms with E-state index in [1.165, 1.54) is 6.07 Å². The third-order valence-electron chi connectivity index (χ3n) is 1.77. The van der Waals surface area contributed by atoms with Gasteiger partial charge in [0.05, 0.1) is 0 Å². The highest BCUT2D eigenvalue weighted by Crippen LogP contribution is 2.17. The van der Waals surface area contributed by atoms with Crippen LogP contribution in [0.5, 0.6) is 0 Å². The maximum Gasteiger partial charge on any atom is 0.341 e. The second-order valence-electron chi connectivity index (χ2n) is 2.55. The van der Waals surface area contributed by atoms with Gasteiger partial charge in [-0.1, -0.05) is 13.0 Å². The highest BCUT2D eigenvalue weighted by Gasteiger charge is 2.18. The summed E-state index contributed by atoms with van der Waals surface area (Å²) in [6.45, 7) is 1.67. The van der Waals surface area contributed by atoms with Crippen LogP contribution in [0.15, 0.2) is 12.1 Å². The van der Waals surface area contributed by atoms with Crippen molar-refractivity contribution in [3.05, 3.63) is 34.9 Å². The number of halogens is 2. The average Bonchev–Trinajstić information content (AvgIpc) is 2.04. The van der Waals surface area contributed by atoms with Crippen molar-refractivity contribution in [3.8, 4) is 0 Å². The lowest BCUT2D eigenvalue weighted by Gasteiger charge is -2.03. The monoisotopic (exact) mass is 186 g/mol. The smallest absolute Gasteiger partial charge is 0.341 e. The molecule has 2 nitrogen and oxygen atoms in total. The summed E-state index contributed by atoms with van der Waals surface area (Å²) in [5, 5.41) is 8.49. The Hall–Kier alpha value is -1.45. The van der Waals surface area contributed by atoms with Gasteiger partial charge in [-0.05, 0) is 18.1 Å². The molecule has 4 heteroatoms. The van der Waals surface area contributed by atoms with E-state index in [2.05, 4.69) is 0 Å². The van der Waals surface area contributed by atoms with Crippen LogP contribution < -0.4 is 0 Å². The van der Waals surface area contributed by atoms with E-state index in [1.54, 1.807) is 6.92 Å². The second-order valence-corrected chi connectivity index (χ2v) is 2.55. The van der Waals surface area contributed by atoms with Crippen LogP contribution in [0.2, 0.25) is 0 Å². The van der Waals surface area contributed by atoms with E-state index in [0.29, 0.717) is 6.42 Å². The zero-order chi connectivity index (χ0) is 10.0. The maximum absolute atomic E-state index is 13.2. The summed E-state index contributed by atoms with van der Waals surface area (Å²) >= 11 is 0. The molecule has 0 aliphatic rings. The normalized spacial score (nSPS) is 10.1. The second kappa shape index (κ2) is 3.51. The molecule has 0 fully saturated rings. The van der Waals surface area contributed by atoms with Gasteiger partial charge in [0.25, 0.3) is 0 Å². The first kappa shape index (κ1) is 9.64. The molecule has 0 aliphatic heterocycles. The minimum Gasteiger partial charge on any atom is -0.477 e. The molecule has 13 heavy (non-hydrogen) atoms. The SMILES string of the molecule is CCc1ccc(F)c(C(=O)O)c1F. The van der Waals surface area contributed by atoms with Gasteiger partial charge in [0, 0.05) is 0 Å². The Balaban J connectivity index is 3.38. The number of benzene rings is 1. The highest BCUT2D eigenvalue weighted by atomic mass is 19.1. The highest BCUT2D eigenvalue weighted by molar-refractivity contribution is 5.88. The molecule has 1 rings (SSSR count). The summed E-state index contributed by atoms with van der Waals surface area (Å²) in [7, 11) is 0. The number of carbonyl (C=O) groups is 1. The molecule has 0 radical (unpaired) electrons. The molecule has 1 aromatic carbocycles. The fourth-order valence-corrected chi connectivity index (χ4v) is 1.06. The van der Waals surface area contributed by atoms with E-state index in [0.717, 1.165) is 6.07 Å². The van der Waals surface area contributed by atoms with Gasteiger partial charge in [0.2, 0.25) is 0 Å². The summed E-state index contributed by atoms with van der Waals surface area (Å²) in [5.74, 6) is -3.59. The van der Waals surface area contributed by atoms with E-state index >= 15 is 0 Å². The molecular formula is C9H8F2O2. The molecule has 0 saturated heterocycles. The van der Waals surface area contributed by atoms with Gasteiger partial charge in [-0.2, -0.15) is 0 Å². The van der Waals surface area contributed by atoms with Crippen molar-refractivity contribution in [1.82, 2.24) is 0 Å². The topological polar surface area (TPSA) is 37.3 Å². The van der Waals surface area contributed by atoms with Crippen molar-refractivity contribution >= 4 is 5.97 Å². The van der Waals surface area contributed by atoms with Crippen molar-refractivity contribution in [2.45, 2.75) is 13.3 Å². The first-order chi connectivity index (χ1) is 6.07. The van der Waals surface area contributed by atoms with Gasteiger partial charge >= 0.3 is 5.97 Å². The molecule has 0 atom stereocenters. The first-order valence-corrected chi connectivity index (χ1v) is 3.78. The number of rotatable bonds is 2. The molecule has 0 aliphatic carbocycles. The van der Waals surface area contributed by atoms with E-state index in [9.17, 15) is 13.6 Å². The number of aryl methyl sites for hydroxylation is 1. The Kier molecular flexibility index (Phi) is 2.60. The summed E-state index contributed by atoms with van der Waals surface area (Å²) < 4.78 is 26.0. The quantitative estimate of drug-likeness (QED) is 0.768. The fourth-order valence-electron chi connectivity index (χ4n) is 1.06. The zero-order valence-electron chi connectivity index (χ0n) is 6.97. The van der Waals surface area contributed by atoms with E-state index in [4.69, 9.17) is 5.11 Å². The van der Waals surface area contributed by atoms with E-state index in [-0.39, 0.29) is 5.56 Å². The van der Waals surface area contributed by atoms with Crippen molar-refractivity contribution in [2.24, 2.45) is 0 Å². The minimum absolute atomic E-state index is 0.207. The third kappa shape index (κ3) is 1.66. The molecule has 0 heterocycles. The Bertz CT molecular complexity index is 348. The molecule has 0 bridgehead atoms. The Morgan fingerprint density at radius 2 is 2.08 bits per heavy atom. The first-order valence-electron chi connectivity index (χ1n) is 3.78. The molecule has 0 saturated carbocycles. The lowest BCUT2D eigenvalue weighted by Crippen LogP contribution is -2.06. The van der Waals surface area contributed by atoms with Gasteiger partial charge in [-0.15, -0.1) is 0 Å². The van der Waals surface area contributed by atoms with Gasteiger partial charge < -0.3 is 5.11 Å². The van der Waals surface area contributed by atoms with Crippen LogP contribution in [0.25, 0.3) is 0 Å². The van der Waals surface area contributed by atoms with Gasteiger partial charge in [-0.3, -0.25) is 0 Å². The number of hydrogen-bond acceptors (Lipinski definition) is 1. The van der Waals surface area contributed by atoms with Crippen LogP contribution >= 0.6 is 0 Å². The number of carboxylic acid groups (broad SMARTS) is 1. The predicted molar refractivity (Wildman–Crippen MR) is 42.7 cm³/mol. The van der Waals surface area contributed by atoms with Crippen LogP contribution in [0.1, 0.15) is 22.8 Å². The molecule has 0 spiro atoms. The molecule has 1 N–H and O–H groups in total. The lowest BCUT2D eigenvalue weighted by atomic mass is 10.1. The zero-order valence-corrected chi connectivity index (χ0v) is 6.97. The summed E-state index contributed by atoms with van der Waals surface area (Å²) in [6.07, 6.45) is 0.340. The van der Waals surface area contributed by atoms with E-state index < -0.39 is 23.2 Å². The van der Waals surface area contributed by atoms with Crippen molar-refractivity contribution in [2.75, 3.05) is 0 Å². The summed E-state index contributed by atoms with van der Waals surface area (Å²) in [4.78, 5) is 10.4. The summed E-state index contributed by atoms with van der Waals surface area (Å²) in [5.41, 5.74) is -0.668. The van der Waals surface area contributed by atoms with Crippen LogP contribution in [0.4, 0.5) is 8.78 Å². The van der Waals surface area contributed by atoms with Crippen LogP contribution in [-0.4, -0.2) is 11.1 Å². The molecule has 0 unspecified atom stereocenters. The Morgan fingerprint density at radius 3 is 2.54 bits per heavy atom. The van der Waals surface area contributed by atoms with Gasteiger partial charge in [0.15, 0.2) is 0 Å². The average molecular weight is 186 g/mol. The summed E-state index contributed by atoms with van der Waals surface area (Å²) in [6, 6.07) is 2.21. The largest absolute Gasteiger partial charge is 0.477 e. The Morgan fingerprint density at radius 1 is 1.46 bits per heavy atom. The lowest BCUT2D eigenvalue weighted by molar-refractivity contribution is 0.0686. The molecule has 70 valence electrons. The molecule has 1 aromatic rings. The minimum atomic E-state index is -1.58. The number of carboxylic acids is 1. The Labute approximate surface area is 73.8 Å². The molecule has 0 amide bonds. The van der Waals surface area contributed by atoms with Crippen LogP contribution in [-0.2, 0) is 6.42 Å². The van der Waals surface area contributed by atoms with Crippen molar-refractivity contribution in [3.63, 3.8) is 0 Å². The molecular weight excluding hydrogens is 178 g/mol. The van der Waals surface area contributed by atoms with Gasteiger partial charge in [0.1, 0.15) is 17.2 Å². The number of hydrogen-bond donors (Lipinski definition) is 1. The van der Waals surface area contributed by atoms with Crippen molar-refractivity contribution in [1.29, 1.82) is 0 Å². The van der Waals surface area contributed by atoms with Crippen molar-refractivity contribution < 1.29 is 18.7 Å². The maximum atomic E-state index is 13.2. The van der Waals surface area contributed by atoms with Gasteiger partial charge in [-0.25, -0.2) is 13.6 Å². The predicted octanol–water partition coefficient (Wildman–Crippen LogP) is 2.23. The standard InChI is InChI=1S/C9H8F2O2/c1-2-5-3-4-6(10)7(8(5)11)9(12)13/h3-4H,2H2,1H3,(H,12,13). The van der Waals surface area contributed by atoms with Crippen LogP contribution in [0, 0.1) is 11.6 Å². The third-order valence-corrected chi connectivity index (χ3v) is 1.77. The number of aromatic carboxylic acids is 1. The van der Waals surface area contributed by atoms with E-state index in [1.807, 2.05) is 0 Å². The molecule has 0 aromatic heterocycles. The van der Waals surface area contributed by atoms with Crippen LogP contribution in [0.3, 0.4) is 0 Å². The fraction of sp³-hybridized carbons (Fsp3) is 0.222.